The van der Waals surface area contributed by atoms with Gasteiger partial charge in [0.15, 0.2) is 0 Å². The standard InChI is InChI=1S/C25H16O6/c26-23-13-11-16-10-12-18(14-22(16)30-23)29-25(27)24-20(15-28-17-6-2-1-3-7-17)19-8-4-5-9-21(19)31-24/h1-14H,15H2. The number of rotatable bonds is 5. The Morgan fingerprint density at radius 1 is 0.774 bits per heavy atom. The van der Waals surface area contributed by atoms with Gasteiger partial charge in [0.05, 0.1) is 5.56 Å². The first-order valence-electron chi connectivity index (χ1n) is 9.62. The molecule has 0 atom stereocenters. The molecule has 0 fully saturated rings. The number of ether oxygens (including phenoxy) is 2. The van der Waals surface area contributed by atoms with Crippen molar-refractivity contribution < 1.29 is 23.1 Å². The van der Waals surface area contributed by atoms with Gasteiger partial charge in [-0.2, -0.15) is 0 Å². The van der Waals surface area contributed by atoms with Gasteiger partial charge < -0.3 is 18.3 Å². The molecular weight excluding hydrogens is 396 g/mol. The second-order valence-corrected chi connectivity index (χ2v) is 6.85. The Hall–Kier alpha value is -4.32. The summed E-state index contributed by atoms with van der Waals surface area (Å²) in [6.45, 7) is 0.137. The van der Waals surface area contributed by atoms with Crippen LogP contribution >= 0.6 is 0 Å². The molecule has 0 saturated carbocycles. The normalized spacial score (nSPS) is 11.0. The van der Waals surface area contributed by atoms with Crippen molar-refractivity contribution in [2.75, 3.05) is 0 Å². The number of benzene rings is 3. The average Bonchev–Trinajstić information content (AvgIpc) is 3.17. The Morgan fingerprint density at radius 2 is 1.55 bits per heavy atom. The van der Waals surface area contributed by atoms with Gasteiger partial charge in [-0.3, -0.25) is 0 Å². The maximum atomic E-state index is 13.0. The van der Waals surface area contributed by atoms with Crippen molar-refractivity contribution >= 4 is 27.9 Å². The third-order valence-electron chi connectivity index (χ3n) is 4.82. The van der Waals surface area contributed by atoms with Crippen molar-refractivity contribution in [3.8, 4) is 11.5 Å². The molecule has 5 aromatic rings. The molecule has 6 nitrogen and oxygen atoms in total. The number of esters is 1. The average molecular weight is 412 g/mol. The molecule has 3 aromatic carbocycles. The number of carbonyl (C=O) groups is 1. The molecule has 6 heteroatoms. The third kappa shape index (κ3) is 3.79. The van der Waals surface area contributed by atoms with Gasteiger partial charge in [0.2, 0.25) is 5.76 Å². The zero-order valence-electron chi connectivity index (χ0n) is 16.2. The van der Waals surface area contributed by atoms with Crippen LogP contribution in [-0.2, 0) is 6.61 Å². The van der Waals surface area contributed by atoms with Gasteiger partial charge >= 0.3 is 11.6 Å². The molecule has 0 radical (unpaired) electrons. The predicted octanol–water partition coefficient (Wildman–Crippen LogP) is 5.34. The van der Waals surface area contributed by atoms with Crippen molar-refractivity contribution in [1.29, 1.82) is 0 Å². The molecule has 0 saturated heterocycles. The number of hydrogen-bond donors (Lipinski definition) is 0. The highest BCUT2D eigenvalue weighted by Crippen LogP contribution is 2.29. The molecule has 0 amide bonds. The van der Waals surface area contributed by atoms with Crippen molar-refractivity contribution in [1.82, 2.24) is 0 Å². The summed E-state index contributed by atoms with van der Waals surface area (Å²) in [5, 5.41) is 1.50. The Morgan fingerprint density at radius 3 is 2.42 bits per heavy atom. The van der Waals surface area contributed by atoms with Crippen molar-refractivity contribution in [3.05, 3.63) is 107 Å². The summed E-state index contributed by atoms with van der Waals surface area (Å²) in [4.78, 5) is 24.4. The first kappa shape index (κ1) is 18.7. The van der Waals surface area contributed by atoms with Gasteiger partial charge in [-0.1, -0.05) is 36.4 Å². The monoisotopic (exact) mass is 412 g/mol. The Kier molecular flexibility index (Phi) is 4.72. The number of para-hydroxylation sites is 2. The topological polar surface area (TPSA) is 78.9 Å². The van der Waals surface area contributed by atoms with Gasteiger partial charge in [0.1, 0.15) is 29.3 Å². The first-order chi connectivity index (χ1) is 15.2. The highest BCUT2D eigenvalue weighted by Gasteiger charge is 2.23. The number of furan rings is 1. The van der Waals surface area contributed by atoms with Crippen LogP contribution in [0.2, 0.25) is 0 Å². The Labute approximate surface area is 176 Å². The van der Waals surface area contributed by atoms with Gasteiger partial charge in [0.25, 0.3) is 0 Å². The minimum Gasteiger partial charge on any atom is -0.489 e. The second-order valence-electron chi connectivity index (χ2n) is 6.85. The lowest BCUT2D eigenvalue weighted by molar-refractivity contribution is 0.0700. The molecule has 152 valence electrons. The lowest BCUT2D eigenvalue weighted by atomic mass is 10.1. The SMILES string of the molecule is O=C(Oc1ccc2ccc(=O)oc2c1)c1oc2ccccc2c1COc1ccccc1. The summed E-state index contributed by atoms with van der Waals surface area (Å²) in [5.41, 5.74) is 1.01. The zero-order valence-corrected chi connectivity index (χ0v) is 16.2. The maximum Gasteiger partial charge on any atom is 0.380 e. The Balaban J connectivity index is 1.47. The highest BCUT2D eigenvalue weighted by molar-refractivity contribution is 5.97. The van der Waals surface area contributed by atoms with E-state index < -0.39 is 11.6 Å². The van der Waals surface area contributed by atoms with Crippen LogP contribution in [0.3, 0.4) is 0 Å². The number of carbonyl (C=O) groups excluding carboxylic acids is 1. The van der Waals surface area contributed by atoms with Crippen molar-refractivity contribution in [2.45, 2.75) is 6.61 Å². The van der Waals surface area contributed by atoms with E-state index in [0.29, 0.717) is 22.5 Å². The molecule has 0 aliphatic rings. The second kappa shape index (κ2) is 7.84. The molecule has 0 N–H and O–H groups in total. The van der Waals surface area contributed by atoms with Crippen LogP contribution in [0, 0.1) is 0 Å². The van der Waals surface area contributed by atoms with E-state index in [1.54, 1.807) is 24.3 Å². The fourth-order valence-corrected chi connectivity index (χ4v) is 3.34. The van der Waals surface area contributed by atoms with Crippen LogP contribution < -0.4 is 15.1 Å². The van der Waals surface area contributed by atoms with E-state index in [9.17, 15) is 9.59 Å². The van der Waals surface area contributed by atoms with Crippen LogP contribution in [-0.4, -0.2) is 5.97 Å². The molecule has 0 aliphatic heterocycles. The molecule has 5 rings (SSSR count). The molecule has 2 aromatic heterocycles. The minimum atomic E-state index is -0.666. The van der Waals surface area contributed by atoms with E-state index >= 15 is 0 Å². The number of fused-ring (bicyclic) bond motifs is 2. The smallest absolute Gasteiger partial charge is 0.380 e. The van der Waals surface area contributed by atoms with Crippen LogP contribution in [0.4, 0.5) is 0 Å². The zero-order chi connectivity index (χ0) is 21.2. The van der Waals surface area contributed by atoms with Gasteiger partial charge in [-0.15, -0.1) is 0 Å². The van der Waals surface area contributed by atoms with Gasteiger partial charge in [-0.25, -0.2) is 9.59 Å². The van der Waals surface area contributed by atoms with E-state index in [2.05, 4.69) is 0 Å². The molecule has 0 unspecified atom stereocenters. The lowest BCUT2D eigenvalue weighted by Crippen LogP contribution is -2.11. The summed E-state index contributed by atoms with van der Waals surface area (Å²) in [6, 6.07) is 24.5. The summed E-state index contributed by atoms with van der Waals surface area (Å²) in [5.74, 6) is 0.311. The number of hydrogen-bond acceptors (Lipinski definition) is 6. The Bertz CT molecular complexity index is 1450. The van der Waals surface area contributed by atoms with E-state index in [1.165, 1.54) is 12.1 Å². The summed E-state index contributed by atoms with van der Waals surface area (Å²) in [6.07, 6.45) is 0. The van der Waals surface area contributed by atoms with Gasteiger partial charge in [0, 0.05) is 22.9 Å². The van der Waals surface area contributed by atoms with Crippen LogP contribution in [0.15, 0.2) is 98.6 Å². The first-order valence-corrected chi connectivity index (χ1v) is 9.62. The molecule has 0 bridgehead atoms. The van der Waals surface area contributed by atoms with Gasteiger partial charge in [-0.05, 0) is 36.4 Å². The molecule has 0 spiro atoms. The maximum absolute atomic E-state index is 13.0. The summed E-state index contributed by atoms with van der Waals surface area (Å²) in [7, 11) is 0. The largest absolute Gasteiger partial charge is 0.489 e. The summed E-state index contributed by atoms with van der Waals surface area (Å²) < 4.78 is 22.3. The molecule has 0 aliphatic carbocycles. The molecular formula is C25H16O6. The van der Waals surface area contributed by atoms with E-state index in [4.69, 9.17) is 18.3 Å². The fraction of sp³-hybridized carbons (Fsp3) is 0.0400. The van der Waals surface area contributed by atoms with Crippen molar-refractivity contribution in [3.63, 3.8) is 0 Å². The predicted molar refractivity (Wildman–Crippen MR) is 114 cm³/mol. The molecule has 2 heterocycles. The van der Waals surface area contributed by atoms with E-state index in [1.807, 2.05) is 48.5 Å². The fourth-order valence-electron chi connectivity index (χ4n) is 3.34. The third-order valence-corrected chi connectivity index (χ3v) is 4.82. The van der Waals surface area contributed by atoms with Crippen molar-refractivity contribution in [2.24, 2.45) is 0 Å². The highest BCUT2D eigenvalue weighted by atomic mass is 16.5. The van der Waals surface area contributed by atoms with E-state index in [-0.39, 0.29) is 18.1 Å². The van der Waals surface area contributed by atoms with Crippen LogP contribution in [0.5, 0.6) is 11.5 Å². The molecule has 31 heavy (non-hydrogen) atoms. The van der Waals surface area contributed by atoms with Crippen LogP contribution in [0.25, 0.3) is 21.9 Å². The summed E-state index contributed by atoms with van der Waals surface area (Å²) >= 11 is 0. The lowest BCUT2D eigenvalue weighted by Gasteiger charge is -2.07. The minimum absolute atomic E-state index is 0.0618. The van der Waals surface area contributed by atoms with Crippen LogP contribution in [0.1, 0.15) is 16.1 Å². The van der Waals surface area contributed by atoms with E-state index in [0.717, 1.165) is 10.8 Å². The quantitative estimate of drug-likeness (QED) is 0.220.